The lowest BCUT2D eigenvalue weighted by Gasteiger charge is -2.17. The van der Waals surface area contributed by atoms with E-state index in [4.69, 9.17) is 5.26 Å². The molecule has 3 rings (SSSR count). The standard InChI is InChI=1S/C23H18FNO2/c1-2-21(17-7-12-22(24)18(13-17)14-25)23(15-3-8-19(26)9-4-15)16-5-10-20(27)11-6-16/h3-13,26-27H,2H2,1H3. The molecule has 134 valence electrons. The van der Waals surface area contributed by atoms with Gasteiger partial charge in [0.05, 0.1) is 5.56 Å². The normalized spacial score (nSPS) is 10.3. The summed E-state index contributed by atoms with van der Waals surface area (Å²) in [5, 5.41) is 28.4. The van der Waals surface area contributed by atoms with Crippen molar-refractivity contribution in [3.05, 3.63) is 94.8 Å². The number of benzene rings is 3. The van der Waals surface area contributed by atoms with Crippen molar-refractivity contribution in [2.75, 3.05) is 0 Å². The largest absolute Gasteiger partial charge is 0.508 e. The van der Waals surface area contributed by atoms with E-state index in [1.165, 1.54) is 6.07 Å². The third-order valence-electron chi connectivity index (χ3n) is 4.40. The van der Waals surface area contributed by atoms with Crippen molar-refractivity contribution in [2.45, 2.75) is 13.3 Å². The lowest BCUT2D eigenvalue weighted by Crippen LogP contribution is -1.96. The molecule has 0 heterocycles. The highest BCUT2D eigenvalue weighted by Crippen LogP contribution is 2.36. The summed E-state index contributed by atoms with van der Waals surface area (Å²) in [6.45, 7) is 1.99. The van der Waals surface area contributed by atoms with Crippen molar-refractivity contribution >= 4 is 11.1 Å². The van der Waals surface area contributed by atoms with E-state index in [2.05, 4.69) is 0 Å². The molecule has 27 heavy (non-hydrogen) atoms. The second-order valence-corrected chi connectivity index (χ2v) is 6.11. The molecule has 4 heteroatoms. The maximum Gasteiger partial charge on any atom is 0.140 e. The summed E-state index contributed by atoms with van der Waals surface area (Å²) in [5.41, 5.74) is 4.33. The maximum absolute atomic E-state index is 13.8. The Morgan fingerprint density at radius 2 is 1.33 bits per heavy atom. The molecule has 0 aliphatic heterocycles. The van der Waals surface area contributed by atoms with E-state index in [0.717, 1.165) is 27.8 Å². The predicted octanol–water partition coefficient (Wildman–Crippen LogP) is 5.48. The molecule has 0 bridgehead atoms. The van der Waals surface area contributed by atoms with Gasteiger partial charge in [-0.3, -0.25) is 0 Å². The number of hydrogen-bond acceptors (Lipinski definition) is 3. The topological polar surface area (TPSA) is 64.2 Å². The first kappa shape index (κ1) is 18.2. The van der Waals surface area contributed by atoms with Crippen LogP contribution < -0.4 is 0 Å². The minimum atomic E-state index is -0.549. The Hall–Kier alpha value is -3.58. The molecular weight excluding hydrogens is 341 g/mol. The Kier molecular flexibility index (Phi) is 5.23. The highest BCUT2D eigenvalue weighted by Gasteiger charge is 2.15. The molecule has 3 nitrogen and oxygen atoms in total. The van der Waals surface area contributed by atoms with Gasteiger partial charge < -0.3 is 10.2 Å². The predicted molar refractivity (Wildman–Crippen MR) is 104 cm³/mol. The van der Waals surface area contributed by atoms with Gasteiger partial charge in [-0.15, -0.1) is 0 Å². The average Bonchev–Trinajstić information content (AvgIpc) is 2.68. The average molecular weight is 359 g/mol. The Labute approximate surface area is 157 Å². The van der Waals surface area contributed by atoms with Crippen molar-refractivity contribution in [3.8, 4) is 17.6 Å². The summed E-state index contributed by atoms with van der Waals surface area (Å²) < 4.78 is 13.8. The number of nitriles is 1. The number of phenolic OH excluding ortho intramolecular Hbond substituents is 2. The zero-order chi connectivity index (χ0) is 19.4. The molecule has 0 aromatic heterocycles. The van der Waals surface area contributed by atoms with Gasteiger partial charge in [-0.05, 0) is 70.7 Å². The molecule has 0 saturated carbocycles. The van der Waals surface area contributed by atoms with Crippen LogP contribution in [-0.4, -0.2) is 10.2 Å². The van der Waals surface area contributed by atoms with Crippen LogP contribution in [-0.2, 0) is 0 Å². The van der Waals surface area contributed by atoms with Crippen molar-refractivity contribution in [3.63, 3.8) is 0 Å². The molecule has 0 saturated heterocycles. The van der Waals surface area contributed by atoms with Crippen LogP contribution in [0.2, 0.25) is 0 Å². The molecule has 0 amide bonds. The van der Waals surface area contributed by atoms with E-state index in [-0.39, 0.29) is 17.1 Å². The lowest BCUT2D eigenvalue weighted by atomic mass is 9.87. The van der Waals surface area contributed by atoms with Gasteiger partial charge in [-0.1, -0.05) is 37.3 Å². The Bertz CT molecular complexity index is 982. The van der Waals surface area contributed by atoms with Crippen LogP contribution in [0.1, 0.15) is 35.6 Å². The summed E-state index contributed by atoms with van der Waals surface area (Å²) in [5.74, 6) is -0.224. The Morgan fingerprint density at radius 3 is 1.78 bits per heavy atom. The second-order valence-electron chi connectivity index (χ2n) is 6.11. The molecule has 2 N–H and O–H groups in total. The van der Waals surface area contributed by atoms with E-state index in [0.29, 0.717) is 6.42 Å². The number of phenols is 2. The van der Waals surface area contributed by atoms with Gasteiger partial charge in [0.25, 0.3) is 0 Å². The van der Waals surface area contributed by atoms with Gasteiger partial charge in [0.2, 0.25) is 0 Å². The molecule has 0 aliphatic carbocycles. The van der Waals surface area contributed by atoms with Crippen molar-refractivity contribution in [1.29, 1.82) is 5.26 Å². The highest BCUT2D eigenvalue weighted by atomic mass is 19.1. The van der Waals surface area contributed by atoms with Crippen molar-refractivity contribution in [1.82, 2.24) is 0 Å². The Morgan fingerprint density at radius 1 is 0.852 bits per heavy atom. The molecule has 0 atom stereocenters. The van der Waals surface area contributed by atoms with Gasteiger partial charge in [0, 0.05) is 0 Å². The van der Waals surface area contributed by atoms with Gasteiger partial charge >= 0.3 is 0 Å². The highest BCUT2D eigenvalue weighted by molar-refractivity contribution is 5.98. The number of halogens is 1. The minimum Gasteiger partial charge on any atom is -0.508 e. The lowest BCUT2D eigenvalue weighted by molar-refractivity contribution is 0.475. The van der Waals surface area contributed by atoms with Gasteiger partial charge in [-0.2, -0.15) is 5.26 Å². The monoisotopic (exact) mass is 359 g/mol. The summed E-state index contributed by atoms with van der Waals surface area (Å²) in [6.07, 6.45) is 0.646. The first-order valence-corrected chi connectivity index (χ1v) is 8.55. The molecule has 0 unspecified atom stereocenters. The molecule has 0 spiro atoms. The number of aromatic hydroxyl groups is 2. The fraction of sp³-hybridized carbons (Fsp3) is 0.0870. The first-order chi connectivity index (χ1) is 13.0. The second kappa shape index (κ2) is 7.76. The van der Waals surface area contributed by atoms with Crippen LogP contribution in [0.4, 0.5) is 4.39 Å². The third kappa shape index (κ3) is 3.83. The van der Waals surface area contributed by atoms with Gasteiger partial charge in [-0.25, -0.2) is 4.39 Å². The summed E-state index contributed by atoms with van der Waals surface area (Å²) in [4.78, 5) is 0. The maximum atomic E-state index is 13.8. The van der Waals surface area contributed by atoms with Gasteiger partial charge in [0.1, 0.15) is 23.4 Å². The van der Waals surface area contributed by atoms with Crippen molar-refractivity contribution < 1.29 is 14.6 Å². The summed E-state index contributed by atoms with van der Waals surface area (Å²) in [6, 6.07) is 20.0. The summed E-state index contributed by atoms with van der Waals surface area (Å²) >= 11 is 0. The van der Waals surface area contributed by atoms with E-state index in [1.54, 1.807) is 36.4 Å². The van der Waals surface area contributed by atoms with E-state index in [9.17, 15) is 14.6 Å². The molecule has 3 aromatic carbocycles. The van der Waals surface area contributed by atoms with Crippen LogP contribution in [0.3, 0.4) is 0 Å². The van der Waals surface area contributed by atoms with Crippen molar-refractivity contribution in [2.24, 2.45) is 0 Å². The molecule has 0 fully saturated rings. The molecule has 0 radical (unpaired) electrons. The van der Waals surface area contributed by atoms with Crippen LogP contribution >= 0.6 is 0 Å². The quantitative estimate of drug-likeness (QED) is 0.607. The number of allylic oxidation sites excluding steroid dienone is 1. The fourth-order valence-electron chi connectivity index (χ4n) is 3.10. The minimum absolute atomic E-state index is 0.00536. The molecule has 3 aromatic rings. The van der Waals surface area contributed by atoms with Crippen LogP contribution in [0.5, 0.6) is 11.5 Å². The molecule has 0 aliphatic rings. The van der Waals surface area contributed by atoms with E-state index >= 15 is 0 Å². The third-order valence-corrected chi connectivity index (χ3v) is 4.40. The first-order valence-electron chi connectivity index (χ1n) is 8.55. The zero-order valence-electron chi connectivity index (χ0n) is 14.8. The van der Waals surface area contributed by atoms with E-state index < -0.39 is 5.82 Å². The van der Waals surface area contributed by atoms with Gasteiger partial charge in [0.15, 0.2) is 0 Å². The number of hydrogen-bond donors (Lipinski definition) is 2. The number of rotatable bonds is 4. The summed E-state index contributed by atoms with van der Waals surface area (Å²) in [7, 11) is 0. The smallest absolute Gasteiger partial charge is 0.140 e. The van der Waals surface area contributed by atoms with Crippen LogP contribution in [0, 0.1) is 17.1 Å². The number of nitrogens with zero attached hydrogens (tertiary/aromatic N) is 1. The SMILES string of the molecule is CCC(=C(c1ccc(O)cc1)c1ccc(O)cc1)c1ccc(F)c(C#N)c1. The van der Waals surface area contributed by atoms with Crippen LogP contribution in [0.25, 0.3) is 11.1 Å². The zero-order valence-corrected chi connectivity index (χ0v) is 14.8. The van der Waals surface area contributed by atoms with E-state index in [1.807, 2.05) is 37.3 Å². The van der Waals surface area contributed by atoms with Crippen LogP contribution in [0.15, 0.2) is 66.7 Å². The Balaban J connectivity index is 2.30. The fourth-order valence-corrected chi connectivity index (χ4v) is 3.10. The molecular formula is C23H18FNO2.